The predicted octanol–water partition coefficient (Wildman–Crippen LogP) is 7.43. The van der Waals surface area contributed by atoms with Crippen LogP contribution in [0.15, 0.2) is 60.8 Å². The van der Waals surface area contributed by atoms with Gasteiger partial charge in [-0.1, -0.05) is 40.9 Å². The van der Waals surface area contributed by atoms with Gasteiger partial charge in [0.1, 0.15) is 29.7 Å². The Kier molecular flexibility index (Phi) is 6.37. The second-order valence-electron chi connectivity index (χ2n) is 6.65. The molecule has 31 heavy (non-hydrogen) atoms. The Balaban J connectivity index is 1.55. The highest BCUT2D eigenvalue weighted by molar-refractivity contribution is 6.42. The van der Waals surface area contributed by atoms with Crippen LogP contribution in [0.1, 0.15) is 5.56 Å². The predicted molar refractivity (Wildman–Crippen MR) is 122 cm³/mol. The van der Waals surface area contributed by atoms with Gasteiger partial charge in [-0.3, -0.25) is 0 Å². The van der Waals surface area contributed by atoms with E-state index in [0.29, 0.717) is 43.6 Å². The lowest BCUT2D eigenvalue weighted by Gasteiger charge is -2.11. The molecule has 8 heteroatoms. The molecule has 4 aromatic rings. The van der Waals surface area contributed by atoms with E-state index in [9.17, 15) is 4.39 Å². The Labute approximate surface area is 193 Å². The van der Waals surface area contributed by atoms with Crippen LogP contribution in [-0.2, 0) is 6.61 Å². The summed E-state index contributed by atoms with van der Waals surface area (Å²) < 4.78 is 25.2. The molecule has 158 valence electrons. The molecule has 3 aromatic carbocycles. The van der Waals surface area contributed by atoms with E-state index in [1.807, 2.05) is 12.1 Å². The smallest absolute Gasteiger partial charge is 0.138 e. The van der Waals surface area contributed by atoms with E-state index in [2.05, 4.69) is 9.97 Å². The Morgan fingerprint density at radius 3 is 2.55 bits per heavy atom. The fraction of sp³-hybridized carbons (Fsp3) is 0.0870. The fourth-order valence-electron chi connectivity index (χ4n) is 3.02. The maximum absolute atomic E-state index is 14.0. The normalized spacial score (nSPS) is 10.9. The number of nitrogens with one attached hydrogen (secondary N) is 1. The number of benzene rings is 3. The molecule has 0 aliphatic rings. The molecule has 0 fully saturated rings. The molecule has 0 amide bonds. The van der Waals surface area contributed by atoms with Crippen LogP contribution in [0.3, 0.4) is 0 Å². The van der Waals surface area contributed by atoms with Crippen molar-refractivity contribution in [3.05, 3.63) is 87.2 Å². The second-order valence-corrected chi connectivity index (χ2v) is 7.90. The number of H-pyrrole nitrogens is 1. The molecular weight excluding hydrogens is 462 g/mol. The first-order valence-corrected chi connectivity index (χ1v) is 10.3. The molecule has 0 unspecified atom stereocenters. The number of aromatic nitrogens is 2. The fourth-order valence-corrected chi connectivity index (χ4v) is 3.48. The number of hydrogen-bond donors (Lipinski definition) is 1. The van der Waals surface area contributed by atoms with Crippen molar-refractivity contribution < 1.29 is 13.9 Å². The SMILES string of the molecule is COc1cc(OCc2ccc(Cl)cc2F)ccc1-c1c[nH]c(-c2ccc(Cl)c(Cl)c2)n1. The third kappa shape index (κ3) is 4.79. The first kappa shape index (κ1) is 21.5. The largest absolute Gasteiger partial charge is 0.496 e. The van der Waals surface area contributed by atoms with Gasteiger partial charge in [-0.05, 0) is 42.5 Å². The van der Waals surface area contributed by atoms with Gasteiger partial charge in [0.05, 0.1) is 22.8 Å². The van der Waals surface area contributed by atoms with Crippen molar-refractivity contribution in [1.82, 2.24) is 9.97 Å². The highest BCUT2D eigenvalue weighted by Crippen LogP contribution is 2.34. The van der Waals surface area contributed by atoms with E-state index in [0.717, 1.165) is 11.1 Å². The second kappa shape index (κ2) is 9.18. The summed E-state index contributed by atoms with van der Waals surface area (Å²) in [5, 5.41) is 1.27. The molecule has 1 heterocycles. The monoisotopic (exact) mass is 476 g/mol. The summed E-state index contributed by atoms with van der Waals surface area (Å²) in [5.41, 5.74) is 2.68. The Morgan fingerprint density at radius 1 is 0.968 bits per heavy atom. The van der Waals surface area contributed by atoms with Gasteiger partial charge in [0.25, 0.3) is 0 Å². The molecule has 4 rings (SSSR count). The summed E-state index contributed by atoms with van der Waals surface area (Å²) in [6.07, 6.45) is 1.78. The molecule has 1 N–H and O–H groups in total. The number of imidazole rings is 1. The van der Waals surface area contributed by atoms with Crippen LogP contribution in [0.2, 0.25) is 15.1 Å². The summed E-state index contributed by atoms with van der Waals surface area (Å²) in [6.45, 7) is 0.0649. The first-order chi connectivity index (χ1) is 14.9. The number of nitrogens with zero attached hydrogens (tertiary/aromatic N) is 1. The van der Waals surface area contributed by atoms with Crippen molar-refractivity contribution in [2.24, 2.45) is 0 Å². The third-order valence-electron chi connectivity index (χ3n) is 4.63. The van der Waals surface area contributed by atoms with Crippen molar-refractivity contribution in [2.75, 3.05) is 7.11 Å². The van der Waals surface area contributed by atoms with Gasteiger partial charge < -0.3 is 14.5 Å². The number of methoxy groups -OCH3 is 1. The van der Waals surface area contributed by atoms with Gasteiger partial charge >= 0.3 is 0 Å². The maximum atomic E-state index is 14.0. The Hall–Kier alpha value is -2.73. The Bertz CT molecular complexity index is 1240. The number of ether oxygens (including phenoxy) is 2. The number of aromatic amines is 1. The molecule has 0 radical (unpaired) electrons. The van der Waals surface area contributed by atoms with Gasteiger partial charge in [-0.2, -0.15) is 0 Å². The van der Waals surface area contributed by atoms with E-state index >= 15 is 0 Å². The van der Waals surface area contributed by atoms with Gasteiger partial charge in [0, 0.05) is 34.0 Å². The quantitative estimate of drug-likeness (QED) is 0.314. The average Bonchev–Trinajstić information content (AvgIpc) is 3.25. The summed E-state index contributed by atoms with van der Waals surface area (Å²) in [6, 6.07) is 15.1. The minimum atomic E-state index is -0.414. The van der Waals surface area contributed by atoms with Crippen LogP contribution < -0.4 is 9.47 Å². The molecule has 0 saturated heterocycles. The number of hydrogen-bond acceptors (Lipinski definition) is 3. The van der Waals surface area contributed by atoms with Crippen molar-refractivity contribution in [2.45, 2.75) is 6.61 Å². The van der Waals surface area contributed by atoms with Crippen LogP contribution in [0, 0.1) is 5.82 Å². The van der Waals surface area contributed by atoms with Crippen molar-refractivity contribution in [3.63, 3.8) is 0 Å². The van der Waals surface area contributed by atoms with Gasteiger partial charge in [-0.25, -0.2) is 9.37 Å². The van der Waals surface area contributed by atoms with Crippen LogP contribution in [-0.4, -0.2) is 17.1 Å². The zero-order valence-corrected chi connectivity index (χ0v) is 18.5. The van der Waals surface area contributed by atoms with Gasteiger partial charge in [0.15, 0.2) is 0 Å². The van der Waals surface area contributed by atoms with E-state index < -0.39 is 5.82 Å². The Morgan fingerprint density at radius 2 is 1.81 bits per heavy atom. The molecule has 0 bridgehead atoms. The molecule has 0 aliphatic heterocycles. The lowest BCUT2D eigenvalue weighted by molar-refractivity contribution is 0.297. The van der Waals surface area contributed by atoms with Crippen LogP contribution in [0.4, 0.5) is 4.39 Å². The lowest BCUT2D eigenvalue weighted by Crippen LogP contribution is -1.99. The molecule has 1 aromatic heterocycles. The topological polar surface area (TPSA) is 47.1 Å². The average molecular weight is 478 g/mol. The number of halogens is 4. The first-order valence-electron chi connectivity index (χ1n) is 9.20. The molecule has 0 aliphatic carbocycles. The van der Waals surface area contributed by atoms with Crippen molar-refractivity contribution in [3.8, 4) is 34.1 Å². The van der Waals surface area contributed by atoms with E-state index in [1.54, 1.807) is 49.7 Å². The molecule has 0 atom stereocenters. The summed E-state index contributed by atoms with van der Waals surface area (Å²) in [5.74, 6) is 1.34. The van der Waals surface area contributed by atoms with E-state index in [1.165, 1.54) is 6.07 Å². The standard InChI is InChI=1S/C23H16Cl3FN2O2/c1-30-22-10-16(31-12-14-2-4-15(24)9-20(14)27)5-6-17(22)21-11-28-23(29-21)13-3-7-18(25)19(26)8-13/h2-11H,12H2,1H3,(H,28,29). The van der Waals surface area contributed by atoms with E-state index in [-0.39, 0.29) is 6.61 Å². The van der Waals surface area contributed by atoms with Crippen LogP contribution in [0.5, 0.6) is 11.5 Å². The summed E-state index contributed by atoms with van der Waals surface area (Å²) >= 11 is 17.9. The van der Waals surface area contributed by atoms with Crippen LogP contribution >= 0.6 is 34.8 Å². The maximum Gasteiger partial charge on any atom is 0.138 e. The lowest BCUT2D eigenvalue weighted by atomic mass is 10.1. The molecule has 0 saturated carbocycles. The van der Waals surface area contributed by atoms with Crippen molar-refractivity contribution >= 4 is 34.8 Å². The number of rotatable bonds is 6. The molecule has 0 spiro atoms. The van der Waals surface area contributed by atoms with Gasteiger partial charge in [-0.15, -0.1) is 0 Å². The summed E-state index contributed by atoms with van der Waals surface area (Å²) in [7, 11) is 1.56. The minimum absolute atomic E-state index is 0.0649. The highest BCUT2D eigenvalue weighted by atomic mass is 35.5. The highest BCUT2D eigenvalue weighted by Gasteiger charge is 2.13. The van der Waals surface area contributed by atoms with Crippen molar-refractivity contribution in [1.29, 1.82) is 0 Å². The summed E-state index contributed by atoms with van der Waals surface area (Å²) in [4.78, 5) is 7.77. The van der Waals surface area contributed by atoms with Gasteiger partial charge in [0.2, 0.25) is 0 Å². The zero-order chi connectivity index (χ0) is 22.0. The minimum Gasteiger partial charge on any atom is -0.496 e. The molecular formula is C23H16Cl3FN2O2. The third-order valence-corrected chi connectivity index (χ3v) is 5.60. The van der Waals surface area contributed by atoms with E-state index in [4.69, 9.17) is 44.3 Å². The zero-order valence-electron chi connectivity index (χ0n) is 16.3. The van der Waals surface area contributed by atoms with Crippen LogP contribution in [0.25, 0.3) is 22.6 Å². The molecule has 4 nitrogen and oxygen atoms in total.